The minimum absolute atomic E-state index is 0.224. The summed E-state index contributed by atoms with van der Waals surface area (Å²) >= 11 is 0. The van der Waals surface area contributed by atoms with Crippen LogP contribution in [0.2, 0.25) is 0 Å². The lowest BCUT2D eigenvalue weighted by Gasteiger charge is -2.09. The van der Waals surface area contributed by atoms with Crippen LogP contribution in [0.25, 0.3) is 0 Å². The van der Waals surface area contributed by atoms with Crippen LogP contribution in [0.3, 0.4) is 0 Å². The molecule has 0 saturated heterocycles. The lowest BCUT2D eigenvalue weighted by atomic mass is 10.2. The molecule has 0 aliphatic rings. The van der Waals surface area contributed by atoms with Crippen molar-refractivity contribution in [1.82, 2.24) is 0 Å². The zero-order valence-electron chi connectivity index (χ0n) is 11.2. The fraction of sp³-hybridized carbons (Fsp3) is 0.0625. The topological polar surface area (TPSA) is 50.4 Å². The number of rotatable bonds is 5. The van der Waals surface area contributed by atoms with Gasteiger partial charge < -0.3 is 15.4 Å². The van der Waals surface area contributed by atoms with Gasteiger partial charge in [0.25, 0.3) is 0 Å². The van der Waals surface area contributed by atoms with Crippen LogP contribution in [0.5, 0.6) is 5.75 Å². The van der Waals surface area contributed by atoms with Crippen molar-refractivity contribution in [2.24, 2.45) is 0 Å². The smallest absolute Gasteiger partial charge is 0.247 e. The summed E-state index contributed by atoms with van der Waals surface area (Å²) < 4.78 is 5.17. The maximum atomic E-state index is 11.2. The van der Waals surface area contributed by atoms with Gasteiger partial charge in [-0.1, -0.05) is 12.6 Å². The summed E-state index contributed by atoms with van der Waals surface area (Å²) in [5, 5.41) is 5.96. The molecule has 0 unspecified atom stereocenters. The summed E-state index contributed by atoms with van der Waals surface area (Å²) in [5.74, 6) is 0.573. The summed E-state index contributed by atoms with van der Waals surface area (Å²) in [4.78, 5) is 11.2. The van der Waals surface area contributed by atoms with Crippen molar-refractivity contribution in [3.63, 3.8) is 0 Å². The monoisotopic (exact) mass is 268 g/mol. The van der Waals surface area contributed by atoms with Crippen molar-refractivity contribution in [1.29, 1.82) is 0 Å². The molecule has 1 amide bonds. The zero-order valence-corrected chi connectivity index (χ0v) is 11.2. The summed E-state index contributed by atoms with van der Waals surface area (Å²) in [5.41, 5.74) is 2.59. The number of amides is 1. The number of carbonyl (C=O) groups excluding carboxylic acids is 1. The highest BCUT2D eigenvalue weighted by atomic mass is 16.5. The molecular weight excluding hydrogens is 252 g/mol. The second-order valence-corrected chi connectivity index (χ2v) is 4.13. The highest BCUT2D eigenvalue weighted by Crippen LogP contribution is 2.22. The highest BCUT2D eigenvalue weighted by Gasteiger charge is 1.99. The zero-order chi connectivity index (χ0) is 14.4. The molecule has 4 heteroatoms. The SMILES string of the molecule is C=CC(=O)Nc1ccc(Nc2cccc(OC)c2)cc1. The normalized spacial score (nSPS) is 9.65. The number of nitrogens with one attached hydrogen (secondary N) is 2. The summed E-state index contributed by atoms with van der Waals surface area (Å²) in [6.45, 7) is 3.41. The Bertz CT molecular complexity index is 606. The fourth-order valence-corrected chi connectivity index (χ4v) is 1.70. The van der Waals surface area contributed by atoms with E-state index in [1.54, 1.807) is 7.11 Å². The molecule has 2 aromatic rings. The van der Waals surface area contributed by atoms with E-state index in [4.69, 9.17) is 4.74 Å². The first-order valence-electron chi connectivity index (χ1n) is 6.16. The minimum atomic E-state index is -0.224. The van der Waals surface area contributed by atoms with Crippen LogP contribution in [0.15, 0.2) is 61.2 Å². The quantitative estimate of drug-likeness (QED) is 0.815. The summed E-state index contributed by atoms with van der Waals surface area (Å²) in [6.07, 6.45) is 1.24. The van der Waals surface area contributed by atoms with Gasteiger partial charge in [0.05, 0.1) is 7.11 Å². The van der Waals surface area contributed by atoms with Gasteiger partial charge in [0.1, 0.15) is 5.75 Å². The fourth-order valence-electron chi connectivity index (χ4n) is 1.70. The van der Waals surface area contributed by atoms with E-state index in [9.17, 15) is 4.79 Å². The second-order valence-electron chi connectivity index (χ2n) is 4.13. The molecule has 4 nitrogen and oxygen atoms in total. The van der Waals surface area contributed by atoms with E-state index in [1.807, 2.05) is 48.5 Å². The van der Waals surface area contributed by atoms with Gasteiger partial charge in [-0.05, 0) is 42.5 Å². The average Bonchev–Trinajstić information content (AvgIpc) is 2.49. The van der Waals surface area contributed by atoms with Crippen LogP contribution in [0, 0.1) is 0 Å². The van der Waals surface area contributed by atoms with Crippen molar-refractivity contribution in [3.8, 4) is 5.75 Å². The first kappa shape index (κ1) is 13.7. The molecule has 0 aromatic heterocycles. The number of carbonyl (C=O) groups is 1. The molecule has 0 bridgehead atoms. The van der Waals surface area contributed by atoms with Crippen LogP contribution < -0.4 is 15.4 Å². The Morgan fingerprint density at radius 3 is 2.45 bits per heavy atom. The standard InChI is InChI=1S/C16H16N2O2/c1-3-16(19)18-13-9-7-12(8-10-13)17-14-5-4-6-15(11-14)20-2/h3-11,17H,1H2,2H3,(H,18,19). The molecule has 0 saturated carbocycles. The molecular formula is C16H16N2O2. The molecule has 0 heterocycles. The summed E-state index contributed by atoms with van der Waals surface area (Å²) in [6, 6.07) is 15.1. The maximum absolute atomic E-state index is 11.2. The van der Waals surface area contributed by atoms with Gasteiger partial charge in [0, 0.05) is 23.1 Å². The van der Waals surface area contributed by atoms with Crippen molar-refractivity contribution in [2.75, 3.05) is 17.7 Å². The van der Waals surface area contributed by atoms with Crippen LogP contribution in [0.1, 0.15) is 0 Å². The number of hydrogen-bond donors (Lipinski definition) is 2. The predicted molar refractivity (Wildman–Crippen MR) is 81.5 cm³/mol. The van der Waals surface area contributed by atoms with Crippen LogP contribution in [-0.4, -0.2) is 13.0 Å². The van der Waals surface area contributed by atoms with Gasteiger partial charge in [0.15, 0.2) is 0 Å². The Morgan fingerprint density at radius 1 is 1.10 bits per heavy atom. The maximum Gasteiger partial charge on any atom is 0.247 e. The van der Waals surface area contributed by atoms with Crippen LogP contribution in [-0.2, 0) is 4.79 Å². The Balaban J connectivity index is 2.06. The van der Waals surface area contributed by atoms with Gasteiger partial charge >= 0.3 is 0 Å². The van der Waals surface area contributed by atoms with E-state index in [0.29, 0.717) is 0 Å². The third-order valence-corrected chi connectivity index (χ3v) is 2.70. The predicted octanol–water partition coefficient (Wildman–Crippen LogP) is 3.56. The van der Waals surface area contributed by atoms with E-state index >= 15 is 0 Å². The third-order valence-electron chi connectivity index (χ3n) is 2.70. The molecule has 20 heavy (non-hydrogen) atoms. The molecule has 0 aliphatic carbocycles. The Morgan fingerprint density at radius 2 is 1.80 bits per heavy atom. The molecule has 102 valence electrons. The number of benzene rings is 2. The van der Waals surface area contributed by atoms with Gasteiger partial charge in [-0.3, -0.25) is 4.79 Å². The molecule has 2 rings (SSSR count). The molecule has 0 fully saturated rings. The highest BCUT2D eigenvalue weighted by molar-refractivity contribution is 5.98. The number of ether oxygens (including phenoxy) is 1. The molecule has 0 aliphatic heterocycles. The molecule has 0 radical (unpaired) electrons. The van der Waals surface area contributed by atoms with Crippen molar-refractivity contribution >= 4 is 23.0 Å². The number of hydrogen-bond acceptors (Lipinski definition) is 3. The molecule has 0 spiro atoms. The largest absolute Gasteiger partial charge is 0.497 e. The van der Waals surface area contributed by atoms with E-state index in [0.717, 1.165) is 22.8 Å². The van der Waals surface area contributed by atoms with E-state index in [2.05, 4.69) is 17.2 Å². The average molecular weight is 268 g/mol. The molecule has 0 atom stereocenters. The van der Waals surface area contributed by atoms with E-state index in [1.165, 1.54) is 6.08 Å². The molecule has 2 aromatic carbocycles. The lowest BCUT2D eigenvalue weighted by Crippen LogP contribution is -2.06. The van der Waals surface area contributed by atoms with Crippen LogP contribution >= 0.6 is 0 Å². The van der Waals surface area contributed by atoms with E-state index in [-0.39, 0.29) is 5.91 Å². The van der Waals surface area contributed by atoms with Gasteiger partial charge in [-0.15, -0.1) is 0 Å². The minimum Gasteiger partial charge on any atom is -0.497 e. The third kappa shape index (κ3) is 3.62. The summed E-state index contributed by atoms with van der Waals surface area (Å²) in [7, 11) is 1.64. The van der Waals surface area contributed by atoms with Crippen molar-refractivity contribution < 1.29 is 9.53 Å². The number of methoxy groups -OCH3 is 1. The van der Waals surface area contributed by atoms with E-state index < -0.39 is 0 Å². The Labute approximate surface area is 118 Å². The Kier molecular flexibility index (Phi) is 4.39. The van der Waals surface area contributed by atoms with Crippen molar-refractivity contribution in [3.05, 3.63) is 61.2 Å². The molecule has 2 N–H and O–H groups in total. The lowest BCUT2D eigenvalue weighted by molar-refractivity contribution is -0.111. The van der Waals surface area contributed by atoms with Crippen molar-refractivity contribution in [2.45, 2.75) is 0 Å². The second kappa shape index (κ2) is 6.43. The Hall–Kier alpha value is -2.75. The van der Waals surface area contributed by atoms with Crippen LogP contribution in [0.4, 0.5) is 17.1 Å². The van der Waals surface area contributed by atoms with Gasteiger partial charge in [-0.25, -0.2) is 0 Å². The van der Waals surface area contributed by atoms with Gasteiger partial charge in [0.2, 0.25) is 5.91 Å². The number of anilines is 3. The van der Waals surface area contributed by atoms with Gasteiger partial charge in [-0.2, -0.15) is 0 Å². The first-order chi connectivity index (χ1) is 9.71. The first-order valence-corrected chi connectivity index (χ1v) is 6.16.